The van der Waals surface area contributed by atoms with Gasteiger partial charge in [0, 0.05) is 22.7 Å². The lowest BCUT2D eigenvalue weighted by atomic mass is 10.1. The summed E-state index contributed by atoms with van der Waals surface area (Å²) in [4.78, 5) is 0. The summed E-state index contributed by atoms with van der Waals surface area (Å²) in [5, 5.41) is 3.95. The van der Waals surface area contributed by atoms with Gasteiger partial charge >= 0.3 is 0 Å². The Balaban J connectivity index is 0.00000108. The molecule has 5 heteroatoms. The van der Waals surface area contributed by atoms with E-state index in [0.29, 0.717) is 6.04 Å². The summed E-state index contributed by atoms with van der Waals surface area (Å²) < 4.78 is 20.0. The molecule has 2 aromatic rings. The van der Waals surface area contributed by atoms with Crippen LogP contribution in [0.15, 0.2) is 24.3 Å². The van der Waals surface area contributed by atoms with Crippen molar-refractivity contribution in [3.63, 3.8) is 0 Å². The quantitative estimate of drug-likeness (QED) is 0.907. The maximum atomic E-state index is 13.2. The molecule has 1 aliphatic rings. The molecule has 2 unspecified atom stereocenters. The van der Waals surface area contributed by atoms with Crippen LogP contribution in [0.25, 0.3) is 10.1 Å². The zero-order valence-corrected chi connectivity index (χ0v) is 10.9. The van der Waals surface area contributed by atoms with Gasteiger partial charge in [0.05, 0.1) is 0 Å². The molecular formula is C12H13ClFNOS. The molecule has 1 aromatic carbocycles. The first-order chi connectivity index (χ1) is 7.74. The van der Waals surface area contributed by atoms with Gasteiger partial charge in [0.1, 0.15) is 11.9 Å². The van der Waals surface area contributed by atoms with Gasteiger partial charge in [-0.2, -0.15) is 4.39 Å². The van der Waals surface area contributed by atoms with Gasteiger partial charge < -0.3 is 10.1 Å². The van der Waals surface area contributed by atoms with Crippen molar-refractivity contribution in [2.75, 3.05) is 6.54 Å². The summed E-state index contributed by atoms with van der Waals surface area (Å²) >= 11 is 1.16. The Morgan fingerprint density at radius 2 is 2.29 bits per heavy atom. The van der Waals surface area contributed by atoms with Crippen LogP contribution in [0.1, 0.15) is 6.92 Å². The van der Waals surface area contributed by atoms with E-state index < -0.39 is 0 Å². The van der Waals surface area contributed by atoms with E-state index in [4.69, 9.17) is 4.74 Å². The number of hydrogen-bond acceptors (Lipinski definition) is 3. The molecule has 92 valence electrons. The van der Waals surface area contributed by atoms with Crippen molar-refractivity contribution in [1.82, 2.24) is 5.32 Å². The lowest BCUT2D eigenvalue weighted by Crippen LogP contribution is -2.58. The number of rotatable bonds is 2. The van der Waals surface area contributed by atoms with Crippen LogP contribution in [0.2, 0.25) is 0 Å². The summed E-state index contributed by atoms with van der Waals surface area (Å²) in [5.41, 5.74) is 0. The molecule has 0 amide bonds. The molecule has 2 heterocycles. The molecule has 2 atom stereocenters. The highest BCUT2D eigenvalue weighted by molar-refractivity contribution is 7.17. The highest BCUT2D eigenvalue weighted by atomic mass is 35.5. The first-order valence-electron chi connectivity index (χ1n) is 5.32. The highest BCUT2D eigenvalue weighted by Crippen LogP contribution is 2.33. The zero-order chi connectivity index (χ0) is 11.1. The predicted octanol–water partition coefficient (Wildman–Crippen LogP) is 3.20. The van der Waals surface area contributed by atoms with E-state index in [9.17, 15) is 4.39 Å². The maximum Gasteiger partial charge on any atom is 0.177 e. The third-order valence-electron chi connectivity index (χ3n) is 2.97. The monoisotopic (exact) mass is 273 g/mol. The minimum absolute atomic E-state index is 0. The van der Waals surface area contributed by atoms with E-state index in [1.165, 1.54) is 0 Å². The SMILES string of the molecule is CC1NCC1Oc1cccc2sc(F)cc12.Cl. The number of halogens is 2. The van der Waals surface area contributed by atoms with Crippen molar-refractivity contribution in [2.24, 2.45) is 0 Å². The molecule has 1 fully saturated rings. The van der Waals surface area contributed by atoms with Gasteiger partial charge in [-0.3, -0.25) is 0 Å². The van der Waals surface area contributed by atoms with Crippen LogP contribution in [0.5, 0.6) is 5.75 Å². The molecular weight excluding hydrogens is 261 g/mol. The normalized spacial score (nSPS) is 22.9. The van der Waals surface area contributed by atoms with Gasteiger partial charge in [0.25, 0.3) is 0 Å². The van der Waals surface area contributed by atoms with Crippen molar-refractivity contribution in [1.29, 1.82) is 0 Å². The highest BCUT2D eigenvalue weighted by Gasteiger charge is 2.28. The summed E-state index contributed by atoms with van der Waals surface area (Å²) in [7, 11) is 0. The van der Waals surface area contributed by atoms with Crippen molar-refractivity contribution in [3.05, 3.63) is 29.4 Å². The van der Waals surface area contributed by atoms with Gasteiger partial charge in [-0.15, -0.1) is 23.7 Å². The first-order valence-corrected chi connectivity index (χ1v) is 6.14. The Kier molecular flexibility index (Phi) is 3.56. The topological polar surface area (TPSA) is 21.3 Å². The maximum absolute atomic E-state index is 13.2. The fourth-order valence-corrected chi connectivity index (χ4v) is 2.67. The average molecular weight is 274 g/mol. The summed E-state index contributed by atoms with van der Waals surface area (Å²) in [6.45, 7) is 2.95. The summed E-state index contributed by atoms with van der Waals surface area (Å²) in [6.07, 6.45) is 0.202. The number of fused-ring (bicyclic) bond motifs is 1. The molecule has 1 N–H and O–H groups in total. The predicted molar refractivity (Wildman–Crippen MR) is 70.9 cm³/mol. The Hall–Kier alpha value is -0.840. The Labute approximate surface area is 109 Å². The van der Waals surface area contributed by atoms with Gasteiger partial charge in [0.15, 0.2) is 5.13 Å². The second kappa shape index (κ2) is 4.80. The van der Waals surface area contributed by atoms with E-state index in [-0.39, 0.29) is 23.6 Å². The number of hydrogen-bond donors (Lipinski definition) is 1. The summed E-state index contributed by atoms with van der Waals surface area (Å²) in [6, 6.07) is 7.65. The Morgan fingerprint density at radius 1 is 1.47 bits per heavy atom. The van der Waals surface area contributed by atoms with Crippen molar-refractivity contribution in [2.45, 2.75) is 19.1 Å². The third-order valence-corrected chi connectivity index (χ3v) is 3.86. The molecule has 0 aliphatic carbocycles. The molecule has 1 aromatic heterocycles. The molecule has 0 saturated carbocycles. The Morgan fingerprint density at radius 3 is 2.94 bits per heavy atom. The first kappa shape index (κ1) is 12.6. The van der Waals surface area contributed by atoms with Crippen LogP contribution >= 0.6 is 23.7 Å². The molecule has 1 aliphatic heterocycles. The fourth-order valence-electron chi connectivity index (χ4n) is 1.86. The smallest absolute Gasteiger partial charge is 0.177 e. The van der Waals surface area contributed by atoms with Gasteiger partial charge in [0.2, 0.25) is 0 Å². The third kappa shape index (κ3) is 2.25. The standard InChI is InChI=1S/C12H12FNOS.ClH/c1-7-10(6-14-7)15-9-3-2-4-11-8(9)5-12(13)16-11;/h2-5,7,10,14H,6H2,1H3;1H. The number of nitrogens with one attached hydrogen (secondary N) is 1. The average Bonchev–Trinajstić information content (AvgIpc) is 2.64. The van der Waals surface area contributed by atoms with E-state index in [1.807, 2.05) is 18.2 Å². The van der Waals surface area contributed by atoms with E-state index >= 15 is 0 Å². The minimum Gasteiger partial charge on any atom is -0.487 e. The second-order valence-electron chi connectivity index (χ2n) is 4.07. The molecule has 17 heavy (non-hydrogen) atoms. The molecule has 3 rings (SSSR count). The molecule has 0 bridgehead atoms. The van der Waals surface area contributed by atoms with E-state index in [2.05, 4.69) is 12.2 Å². The van der Waals surface area contributed by atoms with E-state index in [1.54, 1.807) is 6.07 Å². The number of benzene rings is 1. The van der Waals surface area contributed by atoms with Crippen molar-refractivity contribution < 1.29 is 9.13 Å². The fraction of sp³-hybridized carbons (Fsp3) is 0.333. The zero-order valence-electron chi connectivity index (χ0n) is 9.27. The molecule has 2 nitrogen and oxygen atoms in total. The second-order valence-corrected chi connectivity index (χ2v) is 5.11. The van der Waals surface area contributed by atoms with Crippen LogP contribution in [0.4, 0.5) is 4.39 Å². The Bertz CT molecular complexity index is 530. The lowest BCUT2D eigenvalue weighted by molar-refractivity contribution is 0.0955. The van der Waals surface area contributed by atoms with Crippen LogP contribution in [0.3, 0.4) is 0 Å². The molecule has 1 saturated heterocycles. The van der Waals surface area contributed by atoms with Gasteiger partial charge in [-0.05, 0) is 25.1 Å². The van der Waals surface area contributed by atoms with Crippen LogP contribution < -0.4 is 10.1 Å². The molecule has 0 spiro atoms. The van der Waals surface area contributed by atoms with Crippen LogP contribution in [-0.2, 0) is 0 Å². The van der Waals surface area contributed by atoms with Gasteiger partial charge in [-0.1, -0.05) is 6.07 Å². The summed E-state index contributed by atoms with van der Waals surface area (Å²) in [5.74, 6) is 0.788. The van der Waals surface area contributed by atoms with Gasteiger partial charge in [-0.25, -0.2) is 0 Å². The number of thiophene rings is 1. The minimum atomic E-state index is -0.161. The largest absolute Gasteiger partial charge is 0.487 e. The van der Waals surface area contributed by atoms with Crippen LogP contribution in [0, 0.1) is 5.13 Å². The van der Waals surface area contributed by atoms with Crippen molar-refractivity contribution in [3.8, 4) is 5.75 Å². The molecule has 0 radical (unpaired) electrons. The van der Waals surface area contributed by atoms with E-state index in [0.717, 1.165) is 33.7 Å². The van der Waals surface area contributed by atoms with Crippen LogP contribution in [-0.4, -0.2) is 18.7 Å². The van der Waals surface area contributed by atoms with Crippen molar-refractivity contribution >= 4 is 33.8 Å². The number of ether oxygens (including phenoxy) is 1. The lowest BCUT2D eigenvalue weighted by Gasteiger charge is -2.35.